The standard InChI is InChI=1S/C23H18N4O6S/c24-34(31,32)17-10-6-7-15(13-17)25-20(28)14-33-23(30)21-18-11-4-5-12-19(18)22(29)27(26-21)16-8-2-1-3-9-16/h1-13H,14H2,(H,25,28)(H2,24,31,32). The van der Waals surface area contributed by atoms with Crippen LogP contribution in [-0.4, -0.2) is 36.7 Å². The molecule has 1 heterocycles. The molecule has 1 amide bonds. The van der Waals surface area contributed by atoms with Crippen LogP contribution < -0.4 is 16.0 Å². The van der Waals surface area contributed by atoms with Crippen LogP contribution in [0.3, 0.4) is 0 Å². The summed E-state index contributed by atoms with van der Waals surface area (Å²) in [5.41, 5.74) is 0.0717. The van der Waals surface area contributed by atoms with Gasteiger partial charge < -0.3 is 10.1 Å². The molecule has 0 aliphatic rings. The lowest BCUT2D eigenvalue weighted by Crippen LogP contribution is -2.26. The summed E-state index contributed by atoms with van der Waals surface area (Å²) in [7, 11) is -3.95. The fourth-order valence-electron chi connectivity index (χ4n) is 3.23. The van der Waals surface area contributed by atoms with Crippen molar-refractivity contribution in [1.29, 1.82) is 0 Å². The van der Waals surface area contributed by atoms with Crippen LogP contribution in [0.2, 0.25) is 0 Å². The maximum Gasteiger partial charge on any atom is 0.359 e. The van der Waals surface area contributed by atoms with E-state index in [-0.39, 0.29) is 27.0 Å². The Morgan fingerprint density at radius 2 is 1.62 bits per heavy atom. The molecule has 34 heavy (non-hydrogen) atoms. The molecule has 0 aliphatic heterocycles. The van der Waals surface area contributed by atoms with Gasteiger partial charge in [0.2, 0.25) is 10.0 Å². The van der Waals surface area contributed by atoms with Gasteiger partial charge in [-0.3, -0.25) is 9.59 Å². The smallest absolute Gasteiger partial charge is 0.359 e. The van der Waals surface area contributed by atoms with Gasteiger partial charge in [-0.2, -0.15) is 9.78 Å². The summed E-state index contributed by atoms with van der Waals surface area (Å²) >= 11 is 0. The van der Waals surface area contributed by atoms with E-state index in [9.17, 15) is 22.8 Å². The molecule has 4 aromatic rings. The van der Waals surface area contributed by atoms with Crippen molar-refractivity contribution in [2.45, 2.75) is 4.90 Å². The van der Waals surface area contributed by atoms with Crippen LogP contribution in [0, 0.1) is 0 Å². The normalized spacial score (nSPS) is 11.2. The van der Waals surface area contributed by atoms with E-state index < -0.39 is 34.1 Å². The van der Waals surface area contributed by atoms with E-state index in [1.807, 2.05) is 0 Å². The molecule has 0 aliphatic carbocycles. The van der Waals surface area contributed by atoms with E-state index in [0.717, 1.165) is 4.68 Å². The van der Waals surface area contributed by atoms with Gasteiger partial charge in [0.05, 0.1) is 16.0 Å². The number of anilines is 1. The number of para-hydroxylation sites is 1. The Labute approximate surface area is 193 Å². The van der Waals surface area contributed by atoms with E-state index >= 15 is 0 Å². The lowest BCUT2D eigenvalue weighted by atomic mass is 10.1. The molecular weight excluding hydrogens is 460 g/mol. The van der Waals surface area contributed by atoms with Gasteiger partial charge in [-0.1, -0.05) is 42.5 Å². The predicted molar refractivity (Wildman–Crippen MR) is 124 cm³/mol. The monoisotopic (exact) mass is 478 g/mol. The third-order valence-corrected chi connectivity index (χ3v) is 5.69. The zero-order chi connectivity index (χ0) is 24.3. The van der Waals surface area contributed by atoms with Crippen LogP contribution in [-0.2, 0) is 19.6 Å². The van der Waals surface area contributed by atoms with Crippen LogP contribution in [0.15, 0.2) is 88.6 Å². The summed E-state index contributed by atoms with van der Waals surface area (Å²) < 4.78 is 29.2. The highest BCUT2D eigenvalue weighted by Gasteiger charge is 2.20. The number of esters is 1. The molecule has 3 N–H and O–H groups in total. The van der Waals surface area contributed by atoms with Gasteiger partial charge in [-0.25, -0.2) is 18.4 Å². The molecule has 0 saturated carbocycles. The van der Waals surface area contributed by atoms with Gasteiger partial charge in [0, 0.05) is 11.1 Å². The molecule has 4 rings (SSSR count). The first-order chi connectivity index (χ1) is 16.2. The average molecular weight is 478 g/mol. The summed E-state index contributed by atoms with van der Waals surface area (Å²) in [4.78, 5) is 37.8. The quantitative estimate of drug-likeness (QED) is 0.401. The summed E-state index contributed by atoms with van der Waals surface area (Å²) in [6.07, 6.45) is 0. The molecule has 0 spiro atoms. The molecule has 0 unspecified atom stereocenters. The number of carbonyl (C=O) groups is 2. The number of carbonyl (C=O) groups excluding carboxylic acids is 2. The molecule has 172 valence electrons. The van der Waals surface area contributed by atoms with Gasteiger partial charge in [0.15, 0.2) is 12.3 Å². The van der Waals surface area contributed by atoms with E-state index in [2.05, 4.69) is 10.4 Å². The number of amides is 1. The molecule has 0 bridgehead atoms. The van der Waals surface area contributed by atoms with Gasteiger partial charge >= 0.3 is 5.97 Å². The van der Waals surface area contributed by atoms with Gasteiger partial charge in [-0.05, 0) is 36.4 Å². The van der Waals surface area contributed by atoms with E-state index in [4.69, 9.17) is 9.88 Å². The van der Waals surface area contributed by atoms with Crippen molar-refractivity contribution in [2.24, 2.45) is 5.14 Å². The first-order valence-electron chi connectivity index (χ1n) is 9.91. The number of nitrogens with zero attached hydrogens (tertiary/aromatic N) is 2. The van der Waals surface area contributed by atoms with Crippen molar-refractivity contribution >= 4 is 38.4 Å². The highest BCUT2D eigenvalue weighted by Crippen LogP contribution is 2.17. The first kappa shape index (κ1) is 22.8. The fourth-order valence-corrected chi connectivity index (χ4v) is 3.79. The molecule has 0 radical (unpaired) electrons. The number of ether oxygens (including phenoxy) is 1. The van der Waals surface area contributed by atoms with Crippen molar-refractivity contribution in [3.05, 3.63) is 94.9 Å². The highest BCUT2D eigenvalue weighted by molar-refractivity contribution is 7.89. The lowest BCUT2D eigenvalue weighted by molar-refractivity contribution is -0.119. The third kappa shape index (κ3) is 4.85. The van der Waals surface area contributed by atoms with Crippen LogP contribution in [0.1, 0.15) is 10.5 Å². The van der Waals surface area contributed by atoms with Crippen molar-refractivity contribution in [3.8, 4) is 5.69 Å². The Kier molecular flexibility index (Phi) is 6.21. The van der Waals surface area contributed by atoms with Crippen LogP contribution >= 0.6 is 0 Å². The second-order valence-corrected chi connectivity index (χ2v) is 8.71. The maximum atomic E-state index is 12.9. The summed E-state index contributed by atoms with van der Waals surface area (Å²) in [6.45, 7) is -0.668. The number of aromatic nitrogens is 2. The summed E-state index contributed by atoms with van der Waals surface area (Å²) in [5, 5.41) is 12.3. The van der Waals surface area contributed by atoms with E-state index in [1.54, 1.807) is 54.6 Å². The predicted octanol–water partition coefficient (Wildman–Crippen LogP) is 1.83. The number of rotatable bonds is 6. The Hall–Kier alpha value is -4.35. The fraction of sp³-hybridized carbons (Fsp3) is 0.0435. The first-order valence-corrected chi connectivity index (χ1v) is 11.5. The second kappa shape index (κ2) is 9.25. The molecule has 1 aromatic heterocycles. The number of sulfonamides is 1. The number of hydrogen-bond acceptors (Lipinski definition) is 7. The molecule has 0 atom stereocenters. The molecule has 0 fully saturated rings. The molecular formula is C23H18N4O6S. The number of fused-ring (bicyclic) bond motifs is 1. The molecule has 10 nitrogen and oxygen atoms in total. The Bertz CT molecular complexity index is 1570. The lowest BCUT2D eigenvalue weighted by Gasteiger charge is -2.11. The largest absolute Gasteiger partial charge is 0.451 e. The zero-order valence-electron chi connectivity index (χ0n) is 17.5. The second-order valence-electron chi connectivity index (χ2n) is 7.14. The Morgan fingerprint density at radius 3 is 2.32 bits per heavy atom. The number of hydrogen-bond donors (Lipinski definition) is 2. The number of nitrogens with two attached hydrogens (primary N) is 1. The van der Waals surface area contributed by atoms with Gasteiger partial charge in [0.1, 0.15) is 0 Å². The summed E-state index contributed by atoms with van der Waals surface area (Å²) in [5.74, 6) is -1.62. The van der Waals surface area contributed by atoms with Crippen LogP contribution in [0.4, 0.5) is 5.69 Å². The highest BCUT2D eigenvalue weighted by atomic mass is 32.2. The average Bonchev–Trinajstić information content (AvgIpc) is 2.83. The molecule has 0 saturated heterocycles. The van der Waals surface area contributed by atoms with E-state index in [1.165, 1.54) is 24.3 Å². The van der Waals surface area contributed by atoms with Crippen LogP contribution in [0.25, 0.3) is 16.5 Å². The maximum absolute atomic E-state index is 12.9. The minimum absolute atomic E-state index is 0.136. The summed E-state index contributed by atoms with van der Waals surface area (Å²) in [6, 6.07) is 20.3. The van der Waals surface area contributed by atoms with Gasteiger partial charge in [0.25, 0.3) is 11.5 Å². The number of primary sulfonamides is 1. The van der Waals surface area contributed by atoms with Crippen molar-refractivity contribution in [2.75, 3.05) is 11.9 Å². The SMILES string of the molecule is NS(=O)(=O)c1cccc(NC(=O)COC(=O)c2nn(-c3ccccc3)c(=O)c3ccccc23)c1. The Morgan fingerprint density at radius 1 is 0.941 bits per heavy atom. The molecule has 3 aromatic carbocycles. The van der Waals surface area contributed by atoms with Crippen LogP contribution in [0.5, 0.6) is 0 Å². The Balaban J connectivity index is 1.57. The third-order valence-electron chi connectivity index (χ3n) is 4.78. The topological polar surface area (TPSA) is 150 Å². The number of benzene rings is 3. The zero-order valence-corrected chi connectivity index (χ0v) is 18.4. The van der Waals surface area contributed by atoms with Crippen molar-refractivity contribution < 1.29 is 22.7 Å². The van der Waals surface area contributed by atoms with Crippen molar-refractivity contribution in [1.82, 2.24) is 9.78 Å². The molecule has 11 heteroatoms. The van der Waals surface area contributed by atoms with E-state index in [0.29, 0.717) is 5.69 Å². The van der Waals surface area contributed by atoms with Gasteiger partial charge in [-0.15, -0.1) is 0 Å². The number of nitrogens with one attached hydrogen (secondary N) is 1. The minimum atomic E-state index is -3.95. The minimum Gasteiger partial charge on any atom is -0.451 e. The van der Waals surface area contributed by atoms with Crippen molar-refractivity contribution in [3.63, 3.8) is 0 Å².